The Labute approximate surface area is 172 Å². The molecule has 4 heterocycles. The summed E-state index contributed by atoms with van der Waals surface area (Å²) in [7, 11) is 0. The molecule has 1 fully saturated rings. The number of aromatic nitrogens is 2. The predicted molar refractivity (Wildman–Crippen MR) is 113 cm³/mol. The highest BCUT2D eigenvalue weighted by Crippen LogP contribution is 2.48. The Morgan fingerprint density at radius 2 is 2.03 bits per heavy atom. The molecular weight excluding hydrogens is 388 g/mol. The monoisotopic (exact) mass is 412 g/mol. The molecule has 1 aliphatic carbocycles. The van der Waals surface area contributed by atoms with Gasteiger partial charge >= 0.3 is 0 Å². The van der Waals surface area contributed by atoms with E-state index in [1.165, 1.54) is 0 Å². The lowest BCUT2D eigenvalue weighted by atomic mass is 9.70. The molecule has 2 aromatic heterocycles. The fourth-order valence-corrected chi connectivity index (χ4v) is 5.41. The summed E-state index contributed by atoms with van der Waals surface area (Å²) in [6, 6.07) is 3.96. The Hall–Kier alpha value is -2.45. The number of nitrogens with zero attached hydrogens (tertiary/aromatic N) is 2. The highest BCUT2D eigenvalue weighted by molar-refractivity contribution is 7.10. The molecule has 0 spiro atoms. The van der Waals surface area contributed by atoms with Crippen molar-refractivity contribution in [2.75, 3.05) is 36.5 Å². The average Bonchev–Trinajstić information content (AvgIpc) is 3.20. The van der Waals surface area contributed by atoms with Crippen molar-refractivity contribution in [3.63, 3.8) is 0 Å². The zero-order valence-electron chi connectivity index (χ0n) is 16.6. The van der Waals surface area contributed by atoms with Crippen LogP contribution in [0.4, 0.5) is 11.8 Å². The maximum absolute atomic E-state index is 13.2. The number of aromatic amines is 1. The van der Waals surface area contributed by atoms with Crippen LogP contribution in [0.25, 0.3) is 0 Å². The number of hydrogen-bond acceptors (Lipinski definition) is 7. The van der Waals surface area contributed by atoms with E-state index >= 15 is 0 Å². The minimum Gasteiger partial charge on any atom is -0.378 e. The van der Waals surface area contributed by atoms with E-state index in [0.717, 1.165) is 22.6 Å². The number of ketones is 1. The predicted octanol–water partition coefficient (Wildman–Crippen LogP) is 2.87. The smallest absolute Gasteiger partial charge is 0.258 e. The normalized spacial score (nSPS) is 23.4. The molecule has 2 N–H and O–H groups in total. The van der Waals surface area contributed by atoms with Crippen molar-refractivity contribution in [3.05, 3.63) is 49.6 Å². The molecule has 0 bridgehead atoms. The molecule has 8 heteroatoms. The van der Waals surface area contributed by atoms with Crippen LogP contribution in [0.1, 0.15) is 43.0 Å². The van der Waals surface area contributed by atoms with Gasteiger partial charge in [-0.1, -0.05) is 19.9 Å². The third kappa shape index (κ3) is 3.20. The molecule has 1 saturated heterocycles. The first-order valence-corrected chi connectivity index (χ1v) is 10.8. The van der Waals surface area contributed by atoms with Crippen LogP contribution in [0.5, 0.6) is 0 Å². The molecule has 5 rings (SSSR count). The van der Waals surface area contributed by atoms with Gasteiger partial charge in [0, 0.05) is 35.7 Å². The second kappa shape index (κ2) is 6.81. The molecule has 1 atom stereocenters. The van der Waals surface area contributed by atoms with Gasteiger partial charge in [-0.15, -0.1) is 11.3 Å². The van der Waals surface area contributed by atoms with Crippen LogP contribution < -0.4 is 15.8 Å². The van der Waals surface area contributed by atoms with Crippen LogP contribution in [0.2, 0.25) is 0 Å². The van der Waals surface area contributed by atoms with E-state index in [-0.39, 0.29) is 22.7 Å². The summed E-state index contributed by atoms with van der Waals surface area (Å²) in [5.41, 5.74) is 1.87. The Bertz CT molecular complexity index is 1050. The summed E-state index contributed by atoms with van der Waals surface area (Å²) < 4.78 is 5.41. The molecule has 0 amide bonds. The minimum atomic E-state index is -0.361. The summed E-state index contributed by atoms with van der Waals surface area (Å²) in [5.74, 6) is 0.877. The van der Waals surface area contributed by atoms with Gasteiger partial charge in [0.15, 0.2) is 5.78 Å². The summed E-state index contributed by atoms with van der Waals surface area (Å²) in [4.78, 5) is 37.1. The first kappa shape index (κ1) is 18.6. The van der Waals surface area contributed by atoms with Gasteiger partial charge in [0.1, 0.15) is 5.82 Å². The van der Waals surface area contributed by atoms with Crippen molar-refractivity contribution < 1.29 is 9.53 Å². The molecule has 0 radical (unpaired) electrons. The lowest BCUT2D eigenvalue weighted by molar-refractivity contribution is -0.118. The number of morpholine rings is 1. The average molecular weight is 413 g/mol. The van der Waals surface area contributed by atoms with Gasteiger partial charge in [0.25, 0.3) is 5.56 Å². The number of rotatable bonds is 2. The van der Waals surface area contributed by atoms with Crippen molar-refractivity contribution in [3.8, 4) is 0 Å². The molecular formula is C21H24N4O3S. The van der Waals surface area contributed by atoms with Gasteiger partial charge < -0.3 is 15.0 Å². The van der Waals surface area contributed by atoms with Crippen LogP contribution in [0.15, 0.2) is 33.6 Å². The number of thiophene rings is 1. The summed E-state index contributed by atoms with van der Waals surface area (Å²) in [6.07, 6.45) is 1.25. The molecule has 0 aromatic carbocycles. The van der Waals surface area contributed by atoms with Crippen LogP contribution in [0.3, 0.4) is 0 Å². The molecule has 2 aliphatic heterocycles. The lowest BCUT2D eigenvalue weighted by Crippen LogP contribution is -2.40. The largest absolute Gasteiger partial charge is 0.378 e. The summed E-state index contributed by atoms with van der Waals surface area (Å²) in [5, 5.41) is 5.36. The van der Waals surface area contributed by atoms with Gasteiger partial charge in [-0.3, -0.25) is 14.6 Å². The second-order valence-corrected chi connectivity index (χ2v) is 9.64. The maximum Gasteiger partial charge on any atom is 0.258 e. The van der Waals surface area contributed by atoms with E-state index in [0.29, 0.717) is 50.1 Å². The Morgan fingerprint density at radius 1 is 1.24 bits per heavy atom. The third-order valence-corrected chi connectivity index (χ3v) is 6.78. The fraction of sp³-hybridized carbons (Fsp3) is 0.476. The number of allylic oxidation sites excluding steroid dienone is 2. The quantitative estimate of drug-likeness (QED) is 0.789. The Kier molecular flexibility index (Phi) is 4.36. The zero-order chi connectivity index (χ0) is 20.2. The number of Topliss-reactive ketones (excluding diaryl/α,β-unsaturated/α-hetero) is 1. The highest BCUT2D eigenvalue weighted by atomic mass is 32.1. The van der Waals surface area contributed by atoms with Gasteiger partial charge in [0.2, 0.25) is 5.95 Å². The standard InChI is InChI=1S/C21H24N4O3S/c1-21(2)10-12-15(13(26)11-21)16(14-4-3-9-29-14)17-18(22-12)23-20(24-19(17)27)25-5-7-28-8-6-25/h3-4,9,16H,5-8,10-11H2,1-2H3,(H2,22,23,24,27). The van der Waals surface area contributed by atoms with Gasteiger partial charge in [-0.25, -0.2) is 0 Å². The van der Waals surface area contributed by atoms with Crippen LogP contribution in [-0.4, -0.2) is 42.1 Å². The van der Waals surface area contributed by atoms with Crippen molar-refractivity contribution >= 4 is 28.9 Å². The van der Waals surface area contributed by atoms with Crippen molar-refractivity contribution in [1.29, 1.82) is 0 Å². The number of H-pyrrole nitrogens is 1. The topological polar surface area (TPSA) is 87.3 Å². The Balaban J connectivity index is 1.67. The lowest BCUT2D eigenvalue weighted by Gasteiger charge is -2.38. The summed E-state index contributed by atoms with van der Waals surface area (Å²) >= 11 is 1.57. The molecule has 1 unspecified atom stereocenters. The van der Waals surface area contributed by atoms with Crippen LogP contribution in [-0.2, 0) is 9.53 Å². The number of anilines is 2. The van der Waals surface area contributed by atoms with E-state index in [4.69, 9.17) is 9.72 Å². The van der Waals surface area contributed by atoms with E-state index in [1.807, 2.05) is 22.4 Å². The molecule has 29 heavy (non-hydrogen) atoms. The van der Waals surface area contributed by atoms with E-state index < -0.39 is 0 Å². The van der Waals surface area contributed by atoms with E-state index in [9.17, 15) is 9.59 Å². The van der Waals surface area contributed by atoms with Crippen molar-refractivity contribution in [2.24, 2.45) is 5.41 Å². The Morgan fingerprint density at radius 3 is 2.76 bits per heavy atom. The van der Waals surface area contributed by atoms with E-state index in [2.05, 4.69) is 24.1 Å². The number of carbonyl (C=O) groups is 1. The van der Waals surface area contributed by atoms with Gasteiger partial charge in [0.05, 0.1) is 24.7 Å². The van der Waals surface area contributed by atoms with Crippen molar-refractivity contribution in [1.82, 2.24) is 9.97 Å². The number of hydrogen-bond donors (Lipinski definition) is 2. The van der Waals surface area contributed by atoms with Crippen LogP contribution in [0, 0.1) is 5.41 Å². The fourth-order valence-electron chi connectivity index (χ4n) is 4.57. The molecule has 3 aliphatic rings. The summed E-state index contributed by atoms with van der Waals surface area (Å²) in [6.45, 7) is 6.83. The third-order valence-electron chi connectivity index (χ3n) is 5.85. The number of nitrogens with one attached hydrogen (secondary N) is 2. The molecule has 0 saturated carbocycles. The molecule has 152 valence electrons. The zero-order valence-corrected chi connectivity index (χ0v) is 17.4. The second-order valence-electron chi connectivity index (χ2n) is 8.66. The van der Waals surface area contributed by atoms with Gasteiger partial charge in [-0.05, 0) is 23.3 Å². The first-order valence-electron chi connectivity index (χ1n) is 9.96. The van der Waals surface area contributed by atoms with Crippen LogP contribution >= 0.6 is 11.3 Å². The first-order chi connectivity index (χ1) is 13.9. The number of ether oxygens (including phenoxy) is 1. The minimum absolute atomic E-state index is 0.115. The van der Waals surface area contributed by atoms with Crippen molar-refractivity contribution in [2.45, 2.75) is 32.6 Å². The molecule has 7 nitrogen and oxygen atoms in total. The van der Waals surface area contributed by atoms with Gasteiger partial charge in [-0.2, -0.15) is 4.98 Å². The maximum atomic E-state index is 13.2. The highest BCUT2D eigenvalue weighted by Gasteiger charge is 2.42. The van der Waals surface area contributed by atoms with E-state index in [1.54, 1.807) is 11.3 Å². The number of fused-ring (bicyclic) bond motifs is 1. The SMILES string of the molecule is CC1(C)CC(=O)C2=C(C1)Nc1nc(N3CCOCC3)[nH]c(=O)c1C2c1cccs1. The molecule has 2 aromatic rings. The number of carbonyl (C=O) groups excluding carboxylic acids is 1.